The summed E-state index contributed by atoms with van der Waals surface area (Å²) in [4.78, 5) is 0. The molecule has 2 aromatic carbocycles. The van der Waals surface area contributed by atoms with Crippen molar-refractivity contribution >= 4 is 0 Å². The van der Waals surface area contributed by atoms with Gasteiger partial charge < -0.3 is 4.74 Å². The fourth-order valence-corrected chi connectivity index (χ4v) is 4.56. The van der Waals surface area contributed by atoms with Crippen LogP contribution in [0.1, 0.15) is 89.5 Å². The Morgan fingerprint density at radius 1 is 0.714 bits per heavy atom. The Morgan fingerprint density at radius 2 is 1.36 bits per heavy atom. The van der Waals surface area contributed by atoms with Crippen LogP contribution < -0.4 is 4.74 Å². The maximum atomic E-state index is 5.69. The van der Waals surface area contributed by atoms with Crippen LogP contribution in [0.2, 0.25) is 0 Å². The van der Waals surface area contributed by atoms with Crippen molar-refractivity contribution < 1.29 is 4.74 Å². The normalized spacial score (nSPS) is 19.5. The molecule has 0 aliphatic heterocycles. The molecule has 0 N–H and O–H groups in total. The highest BCUT2D eigenvalue weighted by atomic mass is 16.5. The summed E-state index contributed by atoms with van der Waals surface area (Å²) in [6.07, 6.45) is 13.8. The van der Waals surface area contributed by atoms with Crippen molar-refractivity contribution in [2.24, 2.45) is 5.92 Å². The van der Waals surface area contributed by atoms with Crippen LogP contribution in [0.25, 0.3) is 11.1 Å². The summed E-state index contributed by atoms with van der Waals surface area (Å²) in [6.45, 7) is 5.22. The highest BCUT2D eigenvalue weighted by molar-refractivity contribution is 5.64. The minimum absolute atomic E-state index is 0.769. The van der Waals surface area contributed by atoms with Crippen molar-refractivity contribution in [1.29, 1.82) is 0 Å². The maximum Gasteiger partial charge on any atom is 0.119 e. The Morgan fingerprint density at radius 3 is 1.96 bits per heavy atom. The summed E-state index contributed by atoms with van der Waals surface area (Å²) in [5.74, 6) is 2.72. The van der Waals surface area contributed by atoms with Crippen molar-refractivity contribution in [1.82, 2.24) is 0 Å². The molecule has 1 fully saturated rings. The van der Waals surface area contributed by atoms with Crippen LogP contribution in [0, 0.1) is 5.92 Å². The lowest BCUT2D eigenvalue weighted by atomic mass is 9.77. The smallest absolute Gasteiger partial charge is 0.119 e. The first-order valence-electron chi connectivity index (χ1n) is 11.6. The number of hydrogen-bond acceptors (Lipinski definition) is 1. The predicted octanol–water partition coefficient (Wildman–Crippen LogP) is 8.39. The van der Waals surface area contributed by atoms with Crippen molar-refractivity contribution in [3.63, 3.8) is 0 Å². The highest BCUT2D eigenvalue weighted by Crippen LogP contribution is 2.38. The van der Waals surface area contributed by atoms with E-state index in [1.54, 1.807) is 0 Å². The van der Waals surface area contributed by atoms with E-state index in [-0.39, 0.29) is 0 Å². The minimum atomic E-state index is 0.769. The minimum Gasteiger partial charge on any atom is -0.494 e. The molecule has 0 heterocycles. The molecule has 0 amide bonds. The molecule has 0 radical (unpaired) electrons. The average molecular weight is 379 g/mol. The van der Waals surface area contributed by atoms with Gasteiger partial charge in [-0.25, -0.2) is 0 Å². The van der Waals surface area contributed by atoms with Crippen LogP contribution in [-0.4, -0.2) is 6.61 Å². The van der Waals surface area contributed by atoms with Crippen LogP contribution in [0.5, 0.6) is 5.75 Å². The van der Waals surface area contributed by atoms with E-state index in [4.69, 9.17) is 4.74 Å². The second kappa shape index (κ2) is 11.3. The van der Waals surface area contributed by atoms with Gasteiger partial charge >= 0.3 is 0 Å². The van der Waals surface area contributed by atoms with Crippen molar-refractivity contribution in [2.75, 3.05) is 6.61 Å². The van der Waals surface area contributed by atoms with Crippen LogP contribution >= 0.6 is 0 Å². The molecular weight excluding hydrogens is 340 g/mol. The van der Waals surface area contributed by atoms with E-state index < -0.39 is 0 Å². The number of unbranched alkanes of at least 4 members (excludes halogenated alkanes) is 3. The maximum absolute atomic E-state index is 5.69. The van der Waals surface area contributed by atoms with Gasteiger partial charge in [-0.05, 0) is 72.8 Å². The molecule has 0 atom stereocenters. The third-order valence-corrected chi connectivity index (χ3v) is 6.36. The van der Waals surface area contributed by atoms with Gasteiger partial charge in [0.1, 0.15) is 5.75 Å². The lowest BCUT2D eigenvalue weighted by Crippen LogP contribution is -2.13. The molecule has 2 aromatic rings. The number of ether oxygens (including phenoxy) is 1. The van der Waals surface area contributed by atoms with Gasteiger partial charge in [-0.3, -0.25) is 0 Å². The molecule has 0 bridgehead atoms. The van der Waals surface area contributed by atoms with Crippen molar-refractivity contribution in [3.05, 3.63) is 54.1 Å². The Bertz CT molecular complexity index is 662. The summed E-state index contributed by atoms with van der Waals surface area (Å²) in [6, 6.07) is 17.8. The Hall–Kier alpha value is -1.76. The first-order chi connectivity index (χ1) is 13.8. The van der Waals surface area contributed by atoms with Crippen LogP contribution in [-0.2, 0) is 0 Å². The molecule has 0 spiro atoms. The predicted molar refractivity (Wildman–Crippen MR) is 121 cm³/mol. The first kappa shape index (κ1) is 21.0. The summed E-state index contributed by atoms with van der Waals surface area (Å²) in [7, 11) is 0. The van der Waals surface area contributed by atoms with E-state index in [1.807, 2.05) is 0 Å². The fraction of sp³-hybridized carbons (Fsp3) is 0.556. The van der Waals surface area contributed by atoms with Crippen LogP contribution in [0.4, 0.5) is 0 Å². The van der Waals surface area contributed by atoms with E-state index in [9.17, 15) is 0 Å². The van der Waals surface area contributed by atoms with Gasteiger partial charge in [0.25, 0.3) is 0 Å². The average Bonchev–Trinajstić information content (AvgIpc) is 2.76. The van der Waals surface area contributed by atoms with Gasteiger partial charge in [-0.15, -0.1) is 0 Å². The van der Waals surface area contributed by atoms with Gasteiger partial charge in [0.15, 0.2) is 0 Å². The van der Waals surface area contributed by atoms with Gasteiger partial charge in [0, 0.05) is 0 Å². The lowest BCUT2D eigenvalue weighted by molar-refractivity contribution is 0.302. The summed E-state index contributed by atoms with van der Waals surface area (Å²) in [5, 5.41) is 0. The fourth-order valence-electron chi connectivity index (χ4n) is 4.56. The zero-order chi connectivity index (χ0) is 19.6. The van der Waals surface area contributed by atoms with E-state index in [2.05, 4.69) is 62.4 Å². The number of hydrogen-bond donors (Lipinski definition) is 0. The second-order valence-electron chi connectivity index (χ2n) is 8.56. The molecule has 3 rings (SSSR count). The Kier molecular flexibility index (Phi) is 8.45. The Balaban J connectivity index is 1.49. The van der Waals surface area contributed by atoms with E-state index in [0.29, 0.717) is 0 Å². The van der Waals surface area contributed by atoms with Crippen molar-refractivity contribution in [2.45, 2.75) is 84.0 Å². The highest BCUT2D eigenvalue weighted by Gasteiger charge is 2.22. The third kappa shape index (κ3) is 6.12. The molecular formula is C27H38O. The van der Waals surface area contributed by atoms with E-state index in [1.165, 1.54) is 74.5 Å². The van der Waals surface area contributed by atoms with Crippen molar-refractivity contribution in [3.8, 4) is 16.9 Å². The topological polar surface area (TPSA) is 9.23 Å². The van der Waals surface area contributed by atoms with Gasteiger partial charge in [-0.2, -0.15) is 0 Å². The third-order valence-electron chi connectivity index (χ3n) is 6.36. The van der Waals surface area contributed by atoms with Crippen LogP contribution in [0.15, 0.2) is 48.5 Å². The Labute approximate surface area is 172 Å². The first-order valence-corrected chi connectivity index (χ1v) is 11.6. The molecule has 28 heavy (non-hydrogen) atoms. The number of rotatable bonds is 10. The molecule has 1 saturated carbocycles. The van der Waals surface area contributed by atoms with Gasteiger partial charge in [0.2, 0.25) is 0 Å². The van der Waals surface area contributed by atoms with Gasteiger partial charge in [0.05, 0.1) is 6.61 Å². The molecule has 0 unspecified atom stereocenters. The zero-order valence-electron chi connectivity index (χ0n) is 18.0. The zero-order valence-corrected chi connectivity index (χ0v) is 18.0. The molecule has 1 aliphatic rings. The van der Waals surface area contributed by atoms with E-state index >= 15 is 0 Å². The molecule has 0 aromatic heterocycles. The quantitative estimate of drug-likeness (QED) is 0.377. The van der Waals surface area contributed by atoms with Crippen LogP contribution in [0.3, 0.4) is 0 Å². The SMILES string of the molecule is CCCCCCC1CCC(c2ccc(-c3ccc(OCCC)cc3)cc2)CC1. The molecule has 1 nitrogen and oxygen atoms in total. The molecule has 152 valence electrons. The molecule has 1 heteroatoms. The summed E-state index contributed by atoms with van der Waals surface area (Å²) >= 11 is 0. The second-order valence-corrected chi connectivity index (χ2v) is 8.56. The van der Waals surface area contributed by atoms with Gasteiger partial charge in [-0.1, -0.05) is 82.3 Å². The monoisotopic (exact) mass is 378 g/mol. The van der Waals surface area contributed by atoms with E-state index in [0.717, 1.165) is 30.6 Å². The standard InChI is InChI=1S/C27H38O/c1-3-5-6-7-8-22-9-11-23(12-10-22)24-13-15-25(16-14-24)26-17-19-27(20-18-26)28-21-4-2/h13-20,22-23H,3-12,21H2,1-2H3. The molecule has 0 saturated heterocycles. The molecule has 1 aliphatic carbocycles. The largest absolute Gasteiger partial charge is 0.494 e. The summed E-state index contributed by atoms with van der Waals surface area (Å²) in [5.41, 5.74) is 4.11. The summed E-state index contributed by atoms with van der Waals surface area (Å²) < 4.78 is 5.69. The number of benzene rings is 2. The lowest BCUT2D eigenvalue weighted by Gasteiger charge is -2.29.